The third-order valence-electron chi connectivity index (χ3n) is 1.99. The van der Waals surface area contributed by atoms with Crippen molar-refractivity contribution in [3.8, 4) is 0 Å². The van der Waals surface area contributed by atoms with E-state index in [0.717, 1.165) is 0 Å². The Labute approximate surface area is 64.4 Å². The van der Waals surface area contributed by atoms with Gasteiger partial charge in [0.1, 0.15) is 0 Å². The van der Waals surface area contributed by atoms with Gasteiger partial charge in [0.2, 0.25) is 0 Å². The van der Waals surface area contributed by atoms with E-state index in [1.807, 2.05) is 6.08 Å². The number of hydrogen-bond donors (Lipinski definition) is 0. The molecule has 0 fully saturated rings. The molecule has 0 nitrogen and oxygen atoms in total. The standard InChI is InChI=1S/C9H13B/c1-7(2)8-5-3-4-6-9(8)10/h3-9H,1-2H3. The quantitative estimate of drug-likeness (QED) is 0.480. The molecule has 1 aliphatic rings. The van der Waals surface area contributed by atoms with E-state index in [2.05, 4.69) is 32.1 Å². The molecule has 0 spiro atoms. The molecule has 0 aliphatic heterocycles. The summed E-state index contributed by atoms with van der Waals surface area (Å²) in [6, 6.07) is 0. The molecule has 10 heavy (non-hydrogen) atoms. The maximum Gasteiger partial charge on any atom is 0.0763 e. The second-order valence-corrected chi connectivity index (χ2v) is 3.17. The maximum atomic E-state index is 5.84. The van der Waals surface area contributed by atoms with E-state index in [9.17, 15) is 0 Å². The molecule has 2 radical (unpaired) electrons. The molecular weight excluding hydrogens is 119 g/mol. The van der Waals surface area contributed by atoms with Crippen LogP contribution < -0.4 is 0 Å². The van der Waals surface area contributed by atoms with Crippen LogP contribution >= 0.6 is 0 Å². The summed E-state index contributed by atoms with van der Waals surface area (Å²) >= 11 is 0. The predicted molar refractivity (Wildman–Crippen MR) is 46.1 cm³/mol. The van der Waals surface area contributed by atoms with E-state index >= 15 is 0 Å². The first-order valence-corrected chi connectivity index (χ1v) is 3.82. The molecule has 0 heterocycles. The van der Waals surface area contributed by atoms with Gasteiger partial charge >= 0.3 is 0 Å². The minimum Gasteiger partial charge on any atom is -0.0895 e. The van der Waals surface area contributed by atoms with E-state index < -0.39 is 0 Å². The van der Waals surface area contributed by atoms with Crippen molar-refractivity contribution in [1.29, 1.82) is 0 Å². The Kier molecular flexibility index (Phi) is 2.36. The fraction of sp³-hybridized carbons (Fsp3) is 0.556. The molecular formula is C9H13B. The summed E-state index contributed by atoms with van der Waals surface area (Å²) in [5.41, 5.74) is 0. The zero-order chi connectivity index (χ0) is 7.56. The lowest BCUT2D eigenvalue weighted by molar-refractivity contribution is 0.468. The van der Waals surface area contributed by atoms with E-state index in [1.165, 1.54) is 0 Å². The highest BCUT2D eigenvalue weighted by atomic mass is 14.2. The Hall–Kier alpha value is -0.455. The van der Waals surface area contributed by atoms with Crippen LogP contribution in [-0.2, 0) is 0 Å². The van der Waals surface area contributed by atoms with Gasteiger partial charge in [0.15, 0.2) is 0 Å². The molecule has 1 aliphatic carbocycles. The van der Waals surface area contributed by atoms with Gasteiger partial charge in [-0.3, -0.25) is 0 Å². The zero-order valence-corrected chi connectivity index (χ0v) is 6.62. The lowest BCUT2D eigenvalue weighted by atomic mass is 9.70. The predicted octanol–water partition coefficient (Wildman–Crippen LogP) is 2.34. The van der Waals surface area contributed by atoms with E-state index in [0.29, 0.717) is 11.8 Å². The van der Waals surface area contributed by atoms with Crippen LogP contribution in [0.25, 0.3) is 0 Å². The van der Waals surface area contributed by atoms with Crippen molar-refractivity contribution in [2.45, 2.75) is 19.7 Å². The maximum absolute atomic E-state index is 5.84. The number of rotatable bonds is 1. The monoisotopic (exact) mass is 132 g/mol. The van der Waals surface area contributed by atoms with Gasteiger partial charge in [-0.1, -0.05) is 44.0 Å². The lowest BCUT2D eigenvalue weighted by Crippen LogP contribution is -2.13. The molecule has 0 aromatic heterocycles. The van der Waals surface area contributed by atoms with Crippen LogP contribution in [0.5, 0.6) is 0 Å². The van der Waals surface area contributed by atoms with Crippen LogP contribution in [0.2, 0.25) is 5.82 Å². The highest BCUT2D eigenvalue weighted by Gasteiger charge is 2.16. The Balaban J connectivity index is 2.61. The second kappa shape index (κ2) is 3.09. The third-order valence-corrected chi connectivity index (χ3v) is 1.99. The Morgan fingerprint density at radius 3 is 2.20 bits per heavy atom. The molecule has 0 amide bonds. The van der Waals surface area contributed by atoms with Crippen LogP contribution in [0.1, 0.15) is 13.8 Å². The summed E-state index contributed by atoms with van der Waals surface area (Å²) in [6.45, 7) is 4.40. The minimum atomic E-state index is 0.227. The number of allylic oxidation sites excluding steroid dienone is 4. The Morgan fingerprint density at radius 1 is 1.20 bits per heavy atom. The molecule has 0 saturated heterocycles. The van der Waals surface area contributed by atoms with E-state index in [-0.39, 0.29) is 5.82 Å². The molecule has 0 bridgehead atoms. The Bertz CT molecular complexity index is 156. The first-order chi connectivity index (χ1) is 4.72. The molecule has 0 saturated carbocycles. The molecule has 1 rings (SSSR count). The average molecular weight is 132 g/mol. The zero-order valence-electron chi connectivity index (χ0n) is 6.62. The SMILES string of the molecule is [B]C1C=CC=CC1C(C)C. The second-order valence-electron chi connectivity index (χ2n) is 3.17. The molecule has 2 atom stereocenters. The van der Waals surface area contributed by atoms with Crippen LogP contribution in [0.15, 0.2) is 24.3 Å². The summed E-state index contributed by atoms with van der Waals surface area (Å²) in [6.07, 6.45) is 8.34. The van der Waals surface area contributed by atoms with Gasteiger partial charge in [0, 0.05) is 0 Å². The third kappa shape index (κ3) is 1.53. The fourth-order valence-corrected chi connectivity index (χ4v) is 1.31. The van der Waals surface area contributed by atoms with Gasteiger partial charge in [-0.2, -0.15) is 0 Å². The van der Waals surface area contributed by atoms with Crippen molar-refractivity contribution in [2.24, 2.45) is 11.8 Å². The van der Waals surface area contributed by atoms with Crippen LogP contribution in [0, 0.1) is 11.8 Å². The highest BCUT2D eigenvalue weighted by molar-refractivity contribution is 6.13. The normalized spacial score (nSPS) is 31.5. The molecule has 1 heteroatoms. The average Bonchev–Trinajstić information content (AvgIpc) is 1.88. The van der Waals surface area contributed by atoms with E-state index in [1.54, 1.807) is 0 Å². The highest BCUT2D eigenvalue weighted by Crippen LogP contribution is 2.28. The molecule has 0 aromatic rings. The van der Waals surface area contributed by atoms with Crippen molar-refractivity contribution < 1.29 is 0 Å². The topological polar surface area (TPSA) is 0 Å². The Morgan fingerprint density at radius 2 is 1.80 bits per heavy atom. The minimum absolute atomic E-state index is 0.227. The van der Waals surface area contributed by atoms with Gasteiger partial charge < -0.3 is 0 Å². The summed E-state index contributed by atoms with van der Waals surface area (Å²) in [4.78, 5) is 0. The van der Waals surface area contributed by atoms with Gasteiger partial charge in [0.25, 0.3) is 0 Å². The summed E-state index contributed by atoms with van der Waals surface area (Å²) < 4.78 is 0. The van der Waals surface area contributed by atoms with Gasteiger partial charge in [0.05, 0.1) is 7.85 Å². The van der Waals surface area contributed by atoms with Gasteiger partial charge in [-0.15, -0.1) is 0 Å². The van der Waals surface area contributed by atoms with Crippen molar-refractivity contribution in [3.05, 3.63) is 24.3 Å². The van der Waals surface area contributed by atoms with Gasteiger partial charge in [-0.25, -0.2) is 0 Å². The molecule has 52 valence electrons. The molecule has 0 aromatic carbocycles. The van der Waals surface area contributed by atoms with Crippen molar-refractivity contribution in [1.82, 2.24) is 0 Å². The fourth-order valence-electron chi connectivity index (χ4n) is 1.31. The summed E-state index contributed by atoms with van der Waals surface area (Å²) in [5, 5.41) is 0. The van der Waals surface area contributed by atoms with Crippen LogP contribution in [0.3, 0.4) is 0 Å². The molecule has 0 N–H and O–H groups in total. The van der Waals surface area contributed by atoms with Gasteiger partial charge in [-0.05, 0) is 11.8 Å². The van der Waals surface area contributed by atoms with Crippen LogP contribution in [-0.4, -0.2) is 7.85 Å². The van der Waals surface area contributed by atoms with Crippen LogP contribution in [0.4, 0.5) is 0 Å². The summed E-state index contributed by atoms with van der Waals surface area (Å²) in [5.74, 6) is 1.41. The largest absolute Gasteiger partial charge is 0.0895 e. The van der Waals surface area contributed by atoms with E-state index in [4.69, 9.17) is 7.85 Å². The molecule has 2 unspecified atom stereocenters. The van der Waals surface area contributed by atoms with Crippen molar-refractivity contribution in [3.63, 3.8) is 0 Å². The smallest absolute Gasteiger partial charge is 0.0763 e. The first kappa shape index (κ1) is 7.65. The first-order valence-electron chi connectivity index (χ1n) is 3.82. The van der Waals surface area contributed by atoms with Crippen molar-refractivity contribution in [2.75, 3.05) is 0 Å². The number of hydrogen-bond acceptors (Lipinski definition) is 0. The lowest BCUT2D eigenvalue weighted by Gasteiger charge is -2.24. The summed E-state index contributed by atoms with van der Waals surface area (Å²) in [7, 11) is 5.84. The van der Waals surface area contributed by atoms with Crippen molar-refractivity contribution >= 4 is 7.85 Å².